The molecule has 2 unspecified atom stereocenters. The number of carbonyl (C=O) groups is 1. The van der Waals surface area contributed by atoms with Gasteiger partial charge in [-0.1, -0.05) is 18.2 Å². The molecule has 0 bridgehead atoms. The van der Waals surface area contributed by atoms with E-state index in [2.05, 4.69) is 28.5 Å². The van der Waals surface area contributed by atoms with E-state index in [0.29, 0.717) is 6.54 Å². The van der Waals surface area contributed by atoms with Crippen molar-refractivity contribution in [1.82, 2.24) is 9.88 Å². The van der Waals surface area contributed by atoms with Crippen LogP contribution in [0.15, 0.2) is 42.6 Å². The normalized spacial score (nSPS) is 26.1. The number of carbonyl (C=O) groups excluding carboxylic acids is 1. The fourth-order valence-electron chi connectivity index (χ4n) is 3.81. The van der Waals surface area contributed by atoms with E-state index in [9.17, 15) is 4.79 Å². The summed E-state index contributed by atoms with van der Waals surface area (Å²) in [4.78, 5) is 17.2. The van der Waals surface area contributed by atoms with Gasteiger partial charge in [-0.15, -0.1) is 0 Å². The van der Waals surface area contributed by atoms with Crippen LogP contribution in [0.4, 0.5) is 10.5 Å². The maximum Gasteiger partial charge on any atom is 0.411 e. The molecule has 1 aromatic heterocycles. The van der Waals surface area contributed by atoms with Crippen LogP contribution in [0, 0.1) is 0 Å². The number of methoxy groups -OCH3 is 1. The van der Waals surface area contributed by atoms with Gasteiger partial charge in [0.25, 0.3) is 0 Å². The second kappa shape index (κ2) is 4.28. The summed E-state index contributed by atoms with van der Waals surface area (Å²) in [6.45, 7) is 0.678. The number of para-hydroxylation sites is 1. The smallest absolute Gasteiger partial charge is 0.411 e. The molecule has 2 N–H and O–H groups in total. The van der Waals surface area contributed by atoms with E-state index in [4.69, 9.17) is 4.74 Å². The standard InChI is InChI=1S/C16H17N3O2/c1-21-15(20)19-10-8-16(13-7-4-9-17-13)11-5-2-3-6-12(11)18-14(16)19/h2-7,9,14,17-18H,8,10H2,1H3. The van der Waals surface area contributed by atoms with Crippen LogP contribution in [0.2, 0.25) is 0 Å². The summed E-state index contributed by atoms with van der Waals surface area (Å²) in [6, 6.07) is 12.4. The fraction of sp³-hybridized carbons (Fsp3) is 0.312. The molecule has 4 rings (SSSR count). The zero-order chi connectivity index (χ0) is 14.4. The maximum atomic E-state index is 12.1. The van der Waals surface area contributed by atoms with Gasteiger partial charge >= 0.3 is 6.09 Å². The zero-order valence-corrected chi connectivity index (χ0v) is 11.8. The second-order valence-electron chi connectivity index (χ2n) is 5.56. The zero-order valence-electron chi connectivity index (χ0n) is 11.8. The molecule has 2 atom stereocenters. The van der Waals surface area contributed by atoms with Crippen molar-refractivity contribution in [2.24, 2.45) is 0 Å². The predicted octanol–water partition coefficient (Wildman–Crippen LogP) is 2.52. The lowest BCUT2D eigenvalue weighted by atomic mass is 9.76. The third-order valence-electron chi connectivity index (χ3n) is 4.71. The lowest BCUT2D eigenvalue weighted by Gasteiger charge is -2.31. The van der Waals surface area contributed by atoms with Crippen molar-refractivity contribution in [1.29, 1.82) is 0 Å². The molecule has 1 aromatic carbocycles. The Morgan fingerprint density at radius 3 is 2.95 bits per heavy atom. The Morgan fingerprint density at radius 1 is 1.33 bits per heavy atom. The van der Waals surface area contributed by atoms with Crippen molar-refractivity contribution in [2.45, 2.75) is 18.0 Å². The highest BCUT2D eigenvalue weighted by molar-refractivity contribution is 5.74. The number of rotatable bonds is 1. The number of H-pyrrole nitrogens is 1. The van der Waals surface area contributed by atoms with Crippen molar-refractivity contribution >= 4 is 11.8 Å². The van der Waals surface area contributed by atoms with Crippen LogP contribution in [0.25, 0.3) is 0 Å². The molecule has 1 amide bonds. The molecule has 0 saturated carbocycles. The van der Waals surface area contributed by atoms with Gasteiger partial charge in [0.05, 0.1) is 12.5 Å². The van der Waals surface area contributed by atoms with Crippen molar-refractivity contribution in [3.8, 4) is 0 Å². The second-order valence-corrected chi connectivity index (χ2v) is 5.56. The van der Waals surface area contributed by atoms with Crippen molar-refractivity contribution in [3.63, 3.8) is 0 Å². The van der Waals surface area contributed by atoms with E-state index in [1.54, 1.807) is 4.90 Å². The fourth-order valence-corrected chi connectivity index (χ4v) is 3.81. The van der Waals surface area contributed by atoms with Gasteiger partial charge in [-0.3, -0.25) is 4.90 Å². The van der Waals surface area contributed by atoms with Gasteiger partial charge in [0.15, 0.2) is 0 Å². The Morgan fingerprint density at radius 2 is 2.19 bits per heavy atom. The molecule has 5 heteroatoms. The molecule has 3 heterocycles. The van der Waals surface area contributed by atoms with Crippen LogP contribution in [-0.2, 0) is 10.2 Å². The number of aromatic nitrogens is 1. The Labute approximate surface area is 122 Å². The Kier molecular flexibility index (Phi) is 2.51. The Bertz CT molecular complexity index is 683. The van der Waals surface area contributed by atoms with Gasteiger partial charge in [0, 0.05) is 24.1 Å². The van der Waals surface area contributed by atoms with E-state index in [1.165, 1.54) is 12.7 Å². The maximum absolute atomic E-state index is 12.1. The van der Waals surface area contributed by atoms with Gasteiger partial charge in [0.2, 0.25) is 0 Å². The molecule has 1 fully saturated rings. The van der Waals surface area contributed by atoms with E-state index in [-0.39, 0.29) is 17.7 Å². The number of fused-ring (bicyclic) bond motifs is 3. The third kappa shape index (κ3) is 1.48. The SMILES string of the molecule is COC(=O)N1CCC2(c3ccc[nH]3)c3ccccc3NC12. The lowest BCUT2D eigenvalue weighted by Crippen LogP contribution is -2.46. The van der Waals surface area contributed by atoms with Gasteiger partial charge in [0.1, 0.15) is 6.17 Å². The monoisotopic (exact) mass is 283 g/mol. The number of hydrogen-bond acceptors (Lipinski definition) is 3. The van der Waals surface area contributed by atoms with Crippen molar-refractivity contribution in [2.75, 3.05) is 19.0 Å². The van der Waals surface area contributed by atoms with Crippen LogP contribution in [0.5, 0.6) is 0 Å². The van der Waals surface area contributed by atoms with Crippen LogP contribution in [0.3, 0.4) is 0 Å². The number of ether oxygens (including phenoxy) is 1. The molecular formula is C16H17N3O2. The minimum atomic E-state index is -0.284. The Hall–Kier alpha value is -2.43. The average Bonchev–Trinajstić information content (AvgIpc) is 3.20. The molecule has 0 radical (unpaired) electrons. The quantitative estimate of drug-likeness (QED) is 0.845. The molecule has 1 saturated heterocycles. The summed E-state index contributed by atoms with van der Waals surface area (Å²) >= 11 is 0. The summed E-state index contributed by atoms with van der Waals surface area (Å²) in [5.74, 6) is 0. The average molecular weight is 283 g/mol. The minimum Gasteiger partial charge on any atom is -0.453 e. The minimum absolute atomic E-state index is 0.110. The highest BCUT2D eigenvalue weighted by Crippen LogP contribution is 2.52. The highest BCUT2D eigenvalue weighted by Gasteiger charge is 2.57. The largest absolute Gasteiger partial charge is 0.453 e. The molecule has 2 aliphatic rings. The van der Waals surface area contributed by atoms with E-state index >= 15 is 0 Å². The van der Waals surface area contributed by atoms with Gasteiger partial charge in [-0.05, 0) is 30.2 Å². The van der Waals surface area contributed by atoms with Crippen LogP contribution >= 0.6 is 0 Å². The van der Waals surface area contributed by atoms with Crippen molar-refractivity contribution in [3.05, 3.63) is 53.9 Å². The summed E-state index contributed by atoms with van der Waals surface area (Å²) in [5.41, 5.74) is 3.24. The van der Waals surface area contributed by atoms with Crippen LogP contribution in [-0.4, -0.2) is 35.8 Å². The first-order chi connectivity index (χ1) is 10.3. The summed E-state index contributed by atoms with van der Waals surface area (Å²) in [6.07, 6.45) is 2.41. The molecule has 2 aromatic rings. The topological polar surface area (TPSA) is 57.4 Å². The van der Waals surface area contributed by atoms with Crippen LogP contribution < -0.4 is 5.32 Å². The first-order valence-corrected chi connectivity index (χ1v) is 7.12. The molecule has 0 aliphatic carbocycles. The molecule has 0 spiro atoms. The molecule has 2 aliphatic heterocycles. The van der Waals surface area contributed by atoms with E-state index < -0.39 is 0 Å². The van der Waals surface area contributed by atoms with Gasteiger partial charge in [-0.25, -0.2) is 4.79 Å². The molecule has 21 heavy (non-hydrogen) atoms. The number of likely N-dealkylation sites (tertiary alicyclic amines) is 1. The highest BCUT2D eigenvalue weighted by atomic mass is 16.5. The number of amides is 1. The van der Waals surface area contributed by atoms with Gasteiger partial charge < -0.3 is 15.0 Å². The number of hydrogen-bond donors (Lipinski definition) is 2. The number of nitrogens with zero attached hydrogens (tertiary/aromatic N) is 1. The summed E-state index contributed by atoms with van der Waals surface area (Å²) in [7, 11) is 1.43. The van der Waals surface area contributed by atoms with Gasteiger partial charge in [-0.2, -0.15) is 0 Å². The predicted molar refractivity (Wildman–Crippen MR) is 79.2 cm³/mol. The molecule has 108 valence electrons. The van der Waals surface area contributed by atoms with E-state index in [0.717, 1.165) is 17.8 Å². The summed E-state index contributed by atoms with van der Waals surface area (Å²) < 4.78 is 4.94. The van der Waals surface area contributed by atoms with Crippen molar-refractivity contribution < 1.29 is 9.53 Å². The first kappa shape index (κ1) is 12.3. The number of aromatic amines is 1. The molecular weight excluding hydrogens is 266 g/mol. The first-order valence-electron chi connectivity index (χ1n) is 7.12. The van der Waals surface area contributed by atoms with Crippen LogP contribution in [0.1, 0.15) is 17.7 Å². The summed E-state index contributed by atoms with van der Waals surface area (Å²) in [5, 5.41) is 3.50. The number of benzene rings is 1. The number of nitrogens with one attached hydrogen (secondary N) is 2. The Balaban J connectivity index is 1.88. The third-order valence-corrected chi connectivity index (χ3v) is 4.71. The number of anilines is 1. The van der Waals surface area contributed by atoms with E-state index in [1.807, 2.05) is 24.4 Å². The lowest BCUT2D eigenvalue weighted by molar-refractivity contribution is 0.119. The molecule has 5 nitrogen and oxygen atoms in total.